The van der Waals surface area contributed by atoms with Gasteiger partial charge in [-0.1, -0.05) is 32.9 Å². The number of carboxylic acid groups (broad SMARTS) is 1. The first kappa shape index (κ1) is 18.0. The van der Waals surface area contributed by atoms with Crippen molar-refractivity contribution in [3.05, 3.63) is 29.8 Å². The molecule has 0 radical (unpaired) electrons. The minimum Gasteiger partial charge on any atom is -0.482 e. The number of hydrogen-bond acceptors (Lipinski definition) is 3. The van der Waals surface area contributed by atoms with Crippen molar-refractivity contribution < 1.29 is 19.4 Å². The Labute approximate surface area is 131 Å². The molecule has 0 aromatic heterocycles. The van der Waals surface area contributed by atoms with Crippen LogP contribution < -0.4 is 4.74 Å². The second-order valence-corrected chi connectivity index (χ2v) is 6.00. The van der Waals surface area contributed by atoms with E-state index in [4.69, 9.17) is 9.84 Å². The highest BCUT2D eigenvalue weighted by Crippen LogP contribution is 2.17. The Morgan fingerprint density at radius 3 is 2.27 bits per heavy atom. The molecule has 5 heteroatoms. The number of nitrogens with zero attached hydrogens (tertiary/aromatic N) is 1. The smallest absolute Gasteiger partial charge is 0.341 e. The molecule has 1 aromatic carbocycles. The number of carboxylic acids is 1. The van der Waals surface area contributed by atoms with E-state index >= 15 is 0 Å². The van der Waals surface area contributed by atoms with Crippen LogP contribution >= 0.6 is 0 Å². The van der Waals surface area contributed by atoms with Gasteiger partial charge in [0.1, 0.15) is 5.75 Å². The topological polar surface area (TPSA) is 66.8 Å². The Kier molecular flexibility index (Phi) is 6.89. The summed E-state index contributed by atoms with van der Waals surface area (Å²) in [5.41, 5.74) is 0.982. The Morgan fingerprint density at radius 1 is 1.18 bits per heavy atom. The molecule has 1 amide bonds. The number of carbonyl (C=O) groups excluding carboxylic acids is 1. The average Bonchev–Trinajstić information content (AvgIpc) is 2.46. The zero-order chi connectivity index (χ0) is 16.7. The third-order valence-corrected chi connectivity index (χ3v) is 3.77. The molecular weight excluding hydrogens is 282 g/mol. The lowest BCUT2D eigenvalue weighted by Crippen LogP contribution is -2.28. The molecule has 22 heavy (non-hydrogen) atoms. The maximum absolute atomic E-state index is 12.1. The molecule has 1 rings (SSSR count). The lowest BCUT2D eigenvalue weighted by Gasteiger charge is -2.21. The summed E-state index contributed by atoms with van der Waals surface area (Å²) >= 11 is 0. The summed E-state index contributed by atoms with van der Waals surface area (Å²) in [5, 5.41) is 8.55. The molecule has 1 N–H and O–H groups in total. The molecule has 5 nitrogen and oxygen atoms in total. The van der Waals surface area contributed by atoms with Crippen molar-refractivity contribution >= 4 is 11.9 Å². The fourth-order valence-electron chi connectivity index (χ4n) is 1.87. The van der Waals surface area contributed by atoms with Crippen molar-refractivity contribution in [1.29, 1.82) is 0 Å². The van der Waals surface area contributed by atoms with Crippen LogP contribution in [-0.4, -0.2) is 35.5 Å². The van der Waals surface area contributed by atoms with Crippen molar-refractivity contribution in [3.63, 3.8) is 0 Å². The van der Waals surface area contributed by atoms with Crippen molar-refractivity contribution in [1.82, 2.24) is 4.90 Å². The van der Waals surface area contributed by atoms with Gasteiger partial charge in [-0.05, 0) is 29.5 Å². The maximum Gasteiger partial charge on any atom is 0.341 e. The van der Waals surface area contributed by atoms with E-state index < -0.39 is 5.97 Å². The fraction of sp³-hybridized carbons (Fsp3) is 0.529. The molecule has 0 aliphatic carbocycles. The Morgan fingerprint density at radius 2 is 1.77 bits per heavy atom. The zero-order valence-corrected chi connectivity index (χ0v) is 13.7. The van der Waals surface area contributed by atoms with Crippen LogP contribution in [0.1, 0.15) is 32.8 Å². The number of benzene rings is 1. The summed E-state index contributed by atoms with van der Waals surface area (Å²) in [6.45, 7) is 6.50. The molecule has 122 valence electrons. The maximum atomic E-state index is 12.1. The van der Waals surface area contributed by atoms with Gasteiger partial charge in [0.15, 0.2) is 6.61 Å². The third-order valence-electron chi connectivity index (χ3n) is 3.77. The highest BCUT2D eigenvalue weighted by Gasteiger charge is 2.16. The molecule has 0 saturated carbocycles. The predicted molar refractivity (Wildman–Crippen MR) is 84.7 cm³/mol. The van der Waals surface area contributed by atoms with E-state index in [2.05, 4.69) is 20.8 Å². The molecule has 0 bridgehead atoms. The van der Waals surface area contributed by atoms with E-state index in [-0.39, 0.29) is 12.5 Å². The number of aliphatic carboxylic acids is 1. The highest BCUT2D eigenvalue weighted by molar-refractivity contribution is 5.76. The third kappa shape index (κ3) is 6.16. The molecule has 0 saturated heterocycles. The summed E-state index contributed by atoms with van der Waals surface area (Å²) in [6, 6.07) is 7.11. The second kappa shape index (κ2) is 8.41. The van der Waals surface area contributed by atoms with Crippen molar-refractivity contribution in [2.45, 2.75) is 33.7 Å². The van der Waals surface area contributed by atoms with Crippen LogP contribution in [0.2, 0.25) is 0 Å². The van der Waals surface area contributed by atoms with Crippen molar-refractivity contribution in [2.75, 3.05) is 13.7 Å². The average molecular weight is 307 g/mol. The minimum atomic E-state index is -1.01. The molecule has 1 atom stereocenters. The van der Waals surface area contributed by atoms with Crippen LogP contribution in [-0.2, 0) is 16.1 Å². The van der Waals surface area contributed by atoms with Crippen LogP contribution in [0.4, 0.5) is 0 Å². The monoisotopic (exact) mass is 307 g/mol. The van der Waals surface area contributed by atoms with E-state index in [1.807, 2.05) is 12.1 Å². The molecule has 1 unspecified atom stereocenters. The molecule has 0 fully saturated rings. The Balaban J connectivity index is 2.52. The lowest BCUT2D eigenvalue weighted by atomic mass is 9.94. The normalized spacial score (nSPS) is 12.0. The lowest BCUT2D eigenvalue weighted by molar-refractivity contribution is -0.139. The first-order valence-electron chi connectivity index (χ1n) is 7.47. The van der Waals surface area contributed by atoms with Crippen LogP contribution in [0.5, 0.6) is 5.75 Å². The van der Waals surface area contributed by atoms with Crippen LogP contribution in [0.3, 0.4) is 0 Å². The summed E-state index contributed by atoms with van der Waals surface area (Å²) < 4.78 is 5.07. The van der Waals surface area contributed by atoms with E-state index in [0.29, 0.717) is 30.6 Å². The number of ether oxygens (including phenoxy) is 1. The van der Waals surface area contributed by atoms with Gasteiger partial charge in [-0.2, -0.15) is 0 Å². The van der Waals surface area contributed by atoms with Crippen LogP contribution in [0.25, 0.3) is 0 Å². The van der Waals surface area contributed by atoms with Gasteiger partial charge in [-0.3, -0.25) is 4.79 Å². The van der Waals surface area contributed by atoms with Crippen molar-refractivity contribution in [2.24, 2.45) is 11.8 Å². The van der Waals surface area contributed by atoms with Gasteiger partial charge in [0.2, 0.25) is 5.91 Å². The zero-order valence-electron chi connectivity index (χ0n) is 13.7. The van der Waals surface area contributed by atoms with E-state index in [0.717, 1.165) is 5.56 Å². The SMILES string of the molecule is CC(C)C(C)CC(=O)N(C)Cc1ccc(OCC(=O)O)cc1. The Hall–Kier alpha value is -2.04. The van der Waals surface area contributed by atoms with Crippen LogP contribution in [0.15, 0.2) is 24.3 Å². The standard InChI is InChI=1S/C17H25NO4/c1-12(2)13(3)9-16(19)18(4)10-14-5-7-15(8-6-14)22-11-17(20)21/h5-8,12-13H,9-11H2,1-4H3,(H,20,21). The second-order valence-electron chi connectivity index (χ2n) is 6.00. The van der Waals surface area contributed by atoms with E-state index in [1.165, 1.54) is 0 Å². The molecule has 0 spiro atoms. The van der Waals surface area contributed by atoms with E-state index in [1.54, 1.807) is 24.1 Å². The molecule has 0 aliphatic rings. The largest absolute Gasteiger partial charge is 0.482 e. The van der Waals surface area contributed by atoms with Gasteiger partial charge in [0.25, 0.3) is 0 Å². The van der Waals surface area contributed by atoms with Gasteiger partial charge >= 0.3 is 5.97 Å². The molecular formula is C17H25NO4. The van der Waals surface area contributed by atoms with Gasteiger partial charge in [0, 0.05) is 20.0 Å². The van der Waals surface area contributed by atoms with Gasteiger partial charge in [-0.25, -0.2) is 4.79 Å². The minimum absolute atomic E-state index is 0.132. The number of rotatable bonds is 8. The molecule has 0 aliphatic heterocycles. The number of carbonyl (C=O) groups is 2. The number of hydrogen-bond donors (Lipinski definition) is 1. The first-order chi connectivity index (χ1) is 10.3. The molecule has 0 heterocycles. The summed E-state index contributed by atoms with van der Waals surface area (Å²) in [7, 11) is 1.80. The molecule has 1 aromatic rings. The summed E-state index contributed by atoms with van der Waals surface area (Å²) in [4.78, 5) is 24.3. The van der Waals surface area contributed by atoms with Crippen LogP contribution in [0, 0.1) is 11.8 Å². The van der Waals surface area contributed by atoms with Gasteiger partial charge < -0.3 is 14.7 Å². The number of amides is 1. The fourth-order valence-corrected chi connectivity index (χ4v) is 1.87. The Bertz CT molecular complexity index is 496. The van der Waals surface area contributed by atoms with Gasteiger partial charge in [-0.15, -0.1) is 0 Å². The summed E-state index contributed by atoms with van der Waals surface area (Å²) in [5.74, 6) is 0.486. The van der Waals surface area contributed by atoms with Crippen molar-refractivity contribution in [3.8, 4) is 5.75 Å². The predicted octanol–water partition coefficient (Wildman–Crippen LogP) is 2.79. The van der Waals surface area contributed by atoms with E-state index in [9.17, 15) is 9.59 Å². The quantitative estimate of drug-likeness (QED) is 0.802. The summed E-state index contributed by atoms with van der Waals surface area (Å²) in [6.07, 6.45) is 0.550. The highest BCUT2D eigenvalue weighted by atomic mass is 16.5. The van der Waals surface area contributed by atoms with Gasteiger partial charge in [0.05, 0.1) is 0 Å². The first-order valence-corrected chi connectivity index (χ1v) is 7.47.